The van der Waals surface area contributed by atoms with Crippen molar-refractivity contribution in [2.45, 2.75) is 38.8 Å². The van der Waals surface area contributed by atoms with Gasteiger partial charge in [-0.3, -0.25) is 4.90 Å². The molecule has 0 spiro atoms. The first kappa shape index (κ1) is 12.3. The first-order chi connectivity index (χ1) is 7.65. The van der Waals surface area contributed by atoms with Crippen LogP contribution in [-0.2, 0) is 0 Å². The quantitative estimate of drug-likeness (QED) is 0.757. The SMILES string of the molecule is CC1CN(CC2CCN(C)CC2)C(C)CN1. The molecule has 0 aromatic heterocycles. The van der Waals surface area contributed by atoms with E-state index in [1.807, 2.05) is 0 Å². The van der Waals surface area contributed by atoms with Crippen LogP contribution in [0, 0.1) is 5.92 Å². The van der Waals surface area contributed by atoms with Crippen molar-refractivity contribution in [2.75, 3.05) is 39.8 Å². The highest BCUT2D eigenvalue weighted by atomic mass is 15.2. The van der Waals surface area contributed by atoms with Gasteiger partial charge in [0.05, 0.1) is 0 Å². The monoisotopic (exact) mass is 225 g/mol. The third kappa shape index (κ3) is 3.19. The minimum atomic E-state index is 0.669. The highest BCUT2D eigenvalue weighted by molar-refractivity contribution is 4.84. The number of piperidine rings is 1. The van der Waals surface area contributed by atoms with Crippen LogP contribution in [0.15, 0.2) is 0 Å². The van der Waals surface area contributed by atoms with Gasteiger partial charge in [-0.15, -0.1) is 0 Å². The molecule has 0 aromatic rings. The molecule has 0 saturated carbocycles. The Morgan fingerprint density at radius 2 is 1.88 bits per heavy atom. The van der Waals surface area contributed by atoms with Crippen molar-refractivity contribution < 1.29 is 0 Å². The summed E-state index contributed by atoms with van der Waals surface area (Å²) in [5.74, 6) is 0.934. The highest BCUT2D eigenvalue weighted by Crippen LogP contribution is 2.19. The molecule has 2 heterocycles. The van der Waals surface area contributed by atoms with Gasteiger partial charge in [-0.1, -0.05) is 0 Å². The molecule has 0 aliphatic carbocycles. The molecule has 0 bridgehead atoms. The second kappa shape index (κ2) is 5.48. The summed E-state index contributed by atoms with van der Waals surface area (Å²) in [7, 11) is 2.24. The Morgan fingerprint density at radius 3 is 2.56 bits per heavy atom. The van der Waals surface area contributed by atoms with Gasteiger partial charge in [0.1, 0.15) is 0 Å². The predicted octanol–water partition coefficient (Wildman–Crippen LogP) is 1.01. The second-order valence-corrected chi connectivity index (χ2v) is 5.86. The van der Waals surface area contributed by atoms with Crippen LogP contribution in [0.1, 0.15) is 26.7 Å². The summed E-state index contributed by atoms with van der Waals surface area (Å²) in [5, 5.41) is 3.56. The number of rotatable bonds is 2. The smallest absolute Gasteiger partial charge is 0.0193 e. The van der Waals surface area contributed by atoms with Crippen LogP contribution in [0.2, 0.25) is 0 Å². The van der Waals surface area contributed by atoms with Crippen LogP contribution in [-0.4, -0.2) is 61.7 Å². The predicted molar refractivity (Wildman–Crippen MR) is 68.7 cm³/mol. The van der Waals surface area contributed by atoms with Crippen LogP contribution in [0.3, 0.4) is 0 Å². The standard InChI is InChI=1S/C13H27N3/c1-11-9-16(12(2)8-14-11)10-13-4-6-15(3)7-5-13/h11-14H,4-10H2,1-3H3. The van der Waals surface area contributed by atoms with Crippen LogP contribution in [0.25, 0.3) is 0 Å². The largest absolute Gasteiger partial charge is 0.311 e. The van der Waals surface area contributed by atoms with E-state index in [4.69, 9.17) is 0 Å². The Morgan fingerprint density at radius 1 is 1.19 bits per heavy atom. The molecule has 0 amide bonds. The first-order valence-electron chi connectivity index (χ1n) is 6.81. The van der Waals surface area contributed by atoms with Gasteiger partial charge in [0.25, 0.3) is 0 Å². The molecule has 2 saturated heterocycles. The zero-order chi connectivity index (χ0) is 11.5. The minimum absolute atomic E-state index is 0.669. The summed E-state index contributed by atoms with van der Waals surface area (Å²) in [5.41, 5.74) is 0. The molecule has 3 nitrogen and oxygen atoms in total. The first-order valence-corrected chi connectivity index (χ1v) is 6.81. The third-order valence-corrected chi connectivity index (χ3v) is 4.22. The normalized spacial score (nSPS) is 35.4. The number of nitrogens with zero attached hydrogens (tertiary/aromatic N) is 2. The lowest BCUT2D eigenvalue weighted by Gasteiger charge is -2.41. The van der Waals surface area contributed by atoms with E-state index in [0.29, 0.717) is 6.04 Å². The van der Waals surface area contributed by atoms with Crippen molar-refractivity contribution in [3.8, 4) is 0 Å². The number of piperazine rings is 1. The summed E-state index contributed by atoms with van der Waals surface area (Å²) >= 11 is 0. The lowest BCUT2D eigenvalue weighted by Crippen LogP contribution is -2.55. The van der Waals surface area contributed by atoms with E-state index in [0.717, 1.165) is 18.5 Å². The molecule has 2 aliphatic heterocycles. The number of nitrogens with one attached hydrogen (secondary N) is 1. The van der Waals surface area contributed by atoms with E-state index in [-0.39, 0.29) is 0 Å². The fraction of sp³-hybridized carbons (Fsp3) is 1.00. The average Bonchev–Trinajstić information content (AvgIpc) is 2.27. The molecule has 0 radical (unpaired) electrons. The van der Waals surface area contributed by atoms with E-state index >= 15 is 0 Å². The molecule has 2 atom stereocenters. The number of hydrogen-bond donors (Lipinski definition) is 1. The van der Waals surface area contributed by atoms with Gasteiger partial charge in [-0.05, 0) is 52.7 Å². The molecule has 3 heteroatoms. The Hall–Kier alpha value is -0.120. The maximum Gasteiger partial charge on any atom is 0.0193 e. The van der Waals surface area contributed by atoms with Crippen molar-refractivity contribution in [3.05, 3.63) is 0 Å². The molecule has 2 unspecified atom stereocenters. The zero-order valence-corrected chi connectivity index (χ0v) is 11.1. The van der Waals surface area contributed by atoms with Gasteiger partial charge in [0.2, 0.25) is 0 Å². The lowest BCUT2D eigenvalue weighted by atomic mass is 9.95. The van der Waals surface area contributed by atoms with Gasteiger partial charge in [0.15, 0.2) is 0 Å². The summed E-state index contributed by atoms with van der Waals surface area (Å²) in [6, 6.07) is 1.39. The maximum absolute atomic E-state index is 3.56. The fourth-order valence-electron chi connectivity index (χ4n) is 2.93. The summed E-state index contributed by atoms with van der Waals surface area (Å²) in [4.78, 5) is 5.15. The molecular weight excluding hydrogens is 198 g/mol. The summed E-state index contributed by atoms with van der Waals surface area (Å²) in [6.45, 7) is 10.9. The van der Waals surface area contributed by atoms with Crippen LogP contribution >= 0.6 is 0 Å². The van der Waals surface area contributed by atoms with E-state index in [9.17, 15) is 0 Å². The van der Waals surface area contributed by atoms with E-state index in [1.165, 1.54) is 39.0 Å². The zero-order valence-electron chi connectivity index (χ0n) is 11.1. The molecule has 94 valence electrons. The van der Waals surface area contributed by atoms with E-state index in [2.05, 4.69) is 36.0 Å². The van der Waals surface area contributed by atoms with Gasteiger partial charge in [-0.2, -0.15) is 0 Å². The van der Waals surface area contributed by atoms with Crippen LogP contribution in [0.5, 0.6) is 0 Å². The Balaban J connectivity index is 1.79. The highest BCUT2D eigenvalue weighted by Gasteiger charge is 2.26. The Bertz CT molecular complexity index is 211. The molecule has 2 rings (SSSR count). The Kier molecular flexibility index (Phi) is 4.22. The van der Waals surface area contributed by atoms with Crippen molar-refractivity contribution in [1.29, 1.82) is 0 Å². The van der Waals surface area contributed by atoms with Gasteiger partial charge in [-0.25, -0.2) is 0 Å². The fourth-order valence-corrected chi connectivity index (χ4v) is 2.93. The van der Waals surface area contributed by atoms with E-state index in [1.54, 1.807) is 0 Å². The van der Waals surface area contributed by atoms with Gasteiger partial charge < -0.3 is 10.2 Å². The molecule has 2 aliphatic rings. The van der Waals surface area contributed by atoms with Gasteiger partial charge in [0, 0.05) is 31.7 Å². The van der Waals surface area contributed by atoms with Crippen molar-refractivity contribution in [2.24, 2.45) is 5.92 Å². The number of hydrogen-bond acceptors (Lipinski definition) is 3. The van der Waals surface area contributed by atoms with Crippen LogP contribution in [0.4, 0.5) is 0 Å². The topological polar surface area (TPSA) is 18.5 Å². The van der Waals surface area contributed by atoms with Crippen molar-refractivity contribution >= 4 is 0 Å². The summed E-state index contributed by atoms with van der Waals surface area (Å²) in [6.07, 6.45) is 2.78. The van der Waals surface area contributed by atoms with Gasteiger partial charge >= 0.3 is 0 Å². The third-order valence-electron chi connectivity index (χ3n) is 4.22. The van der Waals surface area contributed by atoms with E-state index < -0.39 is 0 Å². The lowest BCUT2D eigenvalue weighted by molar-refractivity contribution is 0.100. The molecule has 1 N–H and O–H groups in total. The Labute approximate surface area is 100 Å². The maximum atomic E-state index is 3.56. The minimum Gasteiger partial charge on any atom is -0.311 e. The summed E-state index contributed by atoms with van der Waals surface area (Å²) < 4.78 is 0. The van der Waals surface area contributed by atoms with Crippen LogP contribution < -0.4 is 5.32 Å². The van der Waals surface area contributed by atoms with Crippen molar-refractivity contribution in [3.63, 3.8) is 0 Å². The number of likely N-dealkylation sites (tertiary alicyclic amines) is 1. The molecule has 0 aromatic carbocycles. The molecule has 2 fully saturated rings. The second-order valence-electron chi connectivity index (χ2n) is 5.86. The average molecular weight is 225 g/mol. The molecule has 16 heavy (non-hydrogen) atoms. The molecular formula is C13H27N3. The van der Waals surface area contributed by atoms with Crippen molar-refractivity contribution in [1.82, 2.24) is 15.1 Å².